The molecule has 1 aliphatic rings. The van der Waals surface area contributed by atoms with E-state index in [2.05, 4.69) is 5.32 Å². The molecular weight excluding hydrogens is 246 g/mol. The fourth-order valence-electron chi connectivity index (χ4n) is 2.21. The number of carbonyl (C=O) groups excluding carboxylic acids is 2. The molecule has 4 heteroatoms. The maximum absolute atomic E-state index is 11.9. The van der Waals surface area contributed by atoms with Gasteiger partial charge in [0.25, 0.3) is 0 Å². The molecule has 3 nitrogen and oxygen atoms in total. The van der Waals surface area contributed by atoms with Gasteiger partial charge in [-0.05, 0) is 18.1 Å². The monoisotopic (exact) mass is 257 g/mol. The van der Waals surface area contributed by atoms with E-state index in [0.29, 0.717) is 10.6 Å². The Kier molecular flexibility index (Phi) is 2.52. The zero-order valence-corrected chi connectivity index (χ0v) is 10.6. The maximum Gasteiger partial charge on any atom is 0.232 e. The molecule has 18 heavy (non-hydrogen) atoms. The number of fused-ring (bicyclic) bond motifs is 1. The number of carbonyl (C=O) groups is 2. The first-order valence-corrected chi connectivity index (χ1v) is 6.50. The lowest BCUT2D eigenvalue weighted by Crippen LogP contribution is -2.22. The van der Waals surface area contributed by atoms with Crippen LogP contribution in [0, 0.1) is 6.92 Å². The molecule has 1 aromatic carbocycles. The van der Waals surface area contributed by atoms with Crippen molar-refractivity contribution in [2.45, 2.75) is 13.3 Å². The normalized spacial score (nSPS) is 14.3. The van der Waals surface area contributed by atoms with Crippen LogP contribution in [0.25, 0.3) is 10.4 Å². The number of nitrogens with one attached hydrogen (secondary N) is 1. The van der Waals surface area contributed by atoms with Gasteiger partial charge in [-0.1, -0.05) is 30.3 Å². The lowest BCUT2D eigenvalue weighted by molar-refractivity contribution is -0.115. The van der Waals surface area contributed by atoms with E-state index in [4.69, 9.17) is 0 Å². The molecule has 0 spiro atoms. The van der Waals surface area contributed by atoms with Crippen molar-refractivity contribution in [1.29, 1.82) is 0 Å². The predicted octanol–water partition coefficient (Wildman–Crippen LogP) is 3.25. The van der Waals surface area contributed by atoms with Gasteiger partial charge < -0.3 is 5.32 Å². The predicted molar refractivity (Wildman–Crippen MR) is 72.1 cm³/mol. The highest BCUT2D eigenvalue weighted by Gasteiger charge is 2.28. The van der Waals surface area contributed by atoms with E-state index >= 15 is 0 Å². The van der Waals surface area contributed by atoms with Crippen LogP contribution in [-0.2, 0) is 4.79 Å². The second kappa shape index (κ2) is 4.07. The summed E-state index contributed by atoms with van der Waals surface area (Å²) in [5.41, 5.74) is 2.72. The largest absolute Gasteiger partial charge is 0.317 e. The number of benzene rings is 1. The Balaban J connectivity index is 2.18. The Bertz CT molecular complexity index is 643. The molecule has 0 atom stereocenters. The van der Waals surface area contributed by atoms with Crippen LogP contribution in [0.5, 0.6) is 0 Å². The minimum Gasteiger partial charge on any atom is -0.317 e. The molecule has 1 N–H and O–H groups in total. The second-order valence-electron chi connectivity index (χ2n) is 4.27. The molecule has 1 aromatic heterocycles. The molecule has 3 rings (SSSR count). The summed E-state index contributed by atoms with van der Waals surface area (Å²) in [4.78, 5) is 24.3. The number of amides is 1. The fraction of sp³-hybridized carbons (Fsp3) is 0.143. The molecule has 1 aliphatic heterocycles. The summed E-state index contributed by atoms with van der Waals surface area (Å²) in [7, 11) is 0. The molecular formula is C14H11NO2S. The third kappa shape index (κ3) is 1.66. The van der Waals surface area contributed by atoms with Crippen LogP contribution < -0.4 is 5.32 Å². The highest BCUT2D eigenvalue weighted by atomic mass is 32.1. The number of Topliss-reactive ketones (excluding diaryl/α,β-unsaturated/α-hetero) is 1. The van der Waals surface area contributed by atoms with E-state index in [9.17, 15) is 9.59 Å². The minimum absolute atomic E-state index is 0.0429. The number of ketones is 1. The molecule has 0 radical (unpaired) electrons. The van der Waals surface area contributed by atoms with Gasteiger partial charge in [-0.3, -0.25) is 9.59 Å². The first-order valence-electron chi connectivity index (χ1n) is 5.68. The van der Waals surface area contributed by atoms with E-state index < -0.39 is 0 Å². The van der Waals surface area contributed by atoms with Gasteiger partial charge in [0.05, 0.1) is 12.0 Å². The van der Waals surface area contributed by atoms with Gasteiger partial charge in [0, 0.05) is 4.88 Å². The van der Waals surface area contributed by atoms with E-state index in [1.54, 1.807) is 0 Å². The third-order valence-electron chi connectivity index (χ3n) is 3.04. The SMILES string of the molecule is Cc1c(-c2ccccc2)sc2c1C(=O)CC(=O)N2. The van der Waals surface area contributed by atoms with E-state index in [1.807, 2.05) is 37.3 Å². The van der Waals surface area contributed by atoms with Gasteiger partial charge in [-0.25, -0.2) is 0 Å². The van der Waals surface area contributed by atoms with E-state index in [0.717, 1.165) is 16.0 Å². The van der Waals surface area contributed by atoms with Crippen LogP contribution in [-0.4, -0.2) is 11.7 Å². The summed E-state index contributed by atoms with van der Waals surface area (Å²) in [5, 5.41) is 3.47. The number of hydrogen-bond acceptors (Lipinski definition) is 3. The van der Waals surface area contributed by atoms with Crippen molar-refractivity contribution in [3.8, 4) is 10.4 Å². The van der Waals surface area contributed by atoms with E-state index in [-0.39, 0.29) is 18.1 Å². The van der Waals surface area contributed by atoms with Crippen molar-refractivity contribution in [1.82, 2.24) is 0 Å². The van der Waals surface area contributed by atoms with Crippen molar-refractivity contribution in [2.24, 2.45) is 0 Å². The molecule has 2 aromatic rings. The molecule has 0 aliphatic carbocycles. The molecule has 1 amide bonds. The van der Waals surface area contributed by atoms with Gasteiger partial charge >= 0.3 is 0 Å². The maximum atomic E-state index is 11.9. The van der Waals surface area contributed by atoms with Gasteiger partial charge in [-0.15, -0.1) is 11.3 Å². The molecule has 2 heterocycles. The smallest absolute Gasteiger partial charge is 0.232 e. The number of hydrogen-bond donors (Lipinski definition) is 1. The number of rotatable bonds is 1. The zero-order chi connectivity index (χ0) is 12.7. The third-order valence-corrected chi connectivity index (χ3v) is 4.29. The summed E-state index contributed by atoms with van der Waals surface area (Å²) in [6, 6.07) is 9.91. The van der Waals surface area contributed by atoms with Crippen LogP contribution in [0.1, 0.15) is 22.3 Å². The Hall–Kier alpha value is -1.94. The van der Waals surface area contributed by atoms with Gasteiger partial charge in [0.2, 0.25) is 5.91 Å². The van der Waals surface area contributed by atoms with Gasteiger partial charge in [-0.2, -0.15) is 0 Å². The van der Waals surface area contributed by atoms with Gasteiger partial charge in [0.1, 0.15) is 5.00 Å². The molecule has 0 unspecified atom stereocenters. The van der Waals surface area contributed by atoms with Gasteiger partial charge in [0.15, 0.2) is 5.78 Å². The number of thiophene rings is 1. The Morgan fingerprint density at radius 1 is 1.17 bits per heavy atom. The summed E-state index contributed by atoms with van der Waals surface area (Å²) < 4.78 is 0. The molecule has 0 bridgehead atoms. The summed E-state index contributed by atoms with van der Waals surface area (Å²) >= 11 is 1.47. The summed E-state index contributed by atoms with van der Waals surface area (Å²) in [6.07, 6.45) is -0.0429. The average Bonchev–Trinajstić information content (AvgIpc) is 2.67. The highest BCUT2D eigenvalue weighted by Crippen LogP contribution is 2.41. The molecule has 0 fully saturated rings. The van der Waals surface area contributed by atoms with Crippen LogP contribution in [0.4, 0.5) is 5.00 Å². The first kappa shape index (κ1) is 11.2. The summed E-state index contributed by atoms with van der Waals surface area (Å²) in [5.74, 6) is -0.293. The minimum atomic E-state index is -0.214. The Morgan fingerprint density at radius 2 is 1.89 bits per heavy atom. The van der Waals surface area contributed by atoms with Crippen molar-refractivity contribution in [3.05, 3.63) is 41.5 Å². The first-order chi connectivity index (χ1) is 8.66. The van der Waals surface area contributed by atoms with Crippen molar-refractivity contribution < 1.29 is 9.59 Å². The van der Waals surface area contributed by atoms with E-state index in [1.165, 1.54) is 11.3 Å². The molecule has 0 saturated carbocycles. The Morgan fingerprint density at radius 3 is 2.61 bits per heavy atom. The van der Waals surface area contributed by atoms with Crippen molar-refractivity contribution in [2.75, 3.05) is 5.32 Å². The topological polar surface area (TPSA) is 46.2 Å². The lowest BCUT2D eigenvalue weighted by atomic mass is 10.00. The van der Waals surface area contributed by atoms with Crippen LogP contribution in [0.2, 0.25) is 0 Å². The average molecular weight is 257 g/mol. The van der Waals surface area contributed by atoms with Crippen molar-refractivity contribution in [3.63, 3.8) is 0 Å². The standard InChI is InChI=1S/C14H11NO2S/c1-8-12-10(16)7-11(17)15-14(12)18-13(8)9-5-3-2-4-6-9/h2-6H,7H2,1H3,(H,15,17). The quantitative estimate of drug-likeness (QED) is 0.797. The lowest BCUT2D eigenvalue weighted by Gasteiger charge is -2.11. The zero-order valence-electron chi connectivity index (χ0n) is 9.82. The summed E-state index contributed by atoms with van der Waals surface area (Å²) in [6.45, 7) is 1.94. The van der Waals surface area contributed by atoms with Crippen LogP contribution in [0.3, 0.4) is 0 Å². The molecule has 90 valence electrons. The highest BCUT2D eigenvalue weighted by molar-refractivity contribution is 7.20. The number of anilines is 1. The second-order valence-corrected chi connectivity index (χ2v) is 5.30. The fourth-order valence-corrected chi connectivity index (χ4v) is 3.45. The van der Waals surface area contributed by atoms with Crippen LogP contribution in [0.15, 0.2) is 30.3 Å². The van der Waals surface area contributed by atoms with Crippen LogP contribution >= 0.6 is 11.3 Å². The van der Waals surface area contributed by atoms with Crippen molar-refractivity contribution >= 4 is 28.0 Å². The molecule has 0 saturated heterocycles. The Labute approximate surface area is 108 Å².